The molecule has 0 atom stereocenters. The minimum Gasteiger partial charge on any atom is -0.503 e. The van der Waals surface area contributed by atoms with E-state index < -0.39 is 0 Å². The van der Waals surface area contributed by atoms with Crippen LogP contribution < -0.4 is 9.64 Å². The maximum absolute atomic E-state index is 6.44. The van der Waals surface area contributed by atoms with Gasteiger partial charge in [-0.3, -0.25) is 0 Å². The van der Waals surface area contributed by atoms with Crippen LogP contribution in [0.5, 0.6) is 11.5 Å². The van der Waals surface area contributed by atoms with Crippen LogP contribution in [0, 0.1) is 12.1 Å². The van der Waals surface area contributed by atoms with E-state index in [1.54, 1.807) is 0 Å². The van der Waals surface area contributed by atoms with E-state index in [2.05, 4.69) is 146 Å². The molecule has 5 heteroatoms. The minimum absolute atomic E-state index is 0. The number of pyridine rings is 1. The Kier molecular flexibility index (Phi) is 8.36. The first-order chi connectivity index (χ1) is 21.4. The normalized spacial score (nSPS) is 11.4. The second kappa shape index (κ2) is 12.4. The molecule has 5 aromatic carbocycles. The first-order valence-electron chi connectivity index (χ1n) is 14.9. The second-order valence-electron chi connectivity index (χ2n) is 12.0. The van der Waals surface area contributed by atoms with Gasteiger partial charge in [0.1, 0.15) is 5.82 Å². The van der Waals surface area contributed by atoms with Gasteiger partial charge in [-0.25, -0.2) is 4.98 Å². The summed E-state index contributed by atoms with van der Waals surface area (Å²) in [6.07, 6.45) is 1.89. The third kappa shape index (κ3) is 5.91. The van der Waals surface area contributed by atoms with Crippen LogP contribution in [0.2, 0.25) is 0 Å². The SMILES string of the molecule is CN(c1ccccc1)c1ccccc1-c1[c-]c(Oc2[c-]c3c(cc2)c2ccccc2n3-c2cc(C(C)(C)C)ccn2)ccc1.[Pt]. The quantitative estimate of drug-likeness (QED) is 0.158. The molecule has 2 heterocycles. The summed E-state index contributed by atoms with van der Waals surface area (Å²) in [5.74, 6) is 2.12. The summed E-state index contributed by atoms with van der Waals surface area (Å²) in [5.41, 5.74) is 7.49. The van der Waals surface area contributed by atoms with E-state index in [1.165, 1.54) is 5.56 Å². The van der Waals surface area contributed by atoms with E-state index in [-0.39, 0.29) is 26.5 Å². The predicted octanol–water partition coefficient (Wildman–Crippen LogP) is 10.3. The molecule has 0 fully saturated rings. The molecule has 0 N–H and O–H groups in total. The molecule has 0 saturated carbocycles. The van der Waals surface area contributed by atoms with Crippen LogP contribution in [0.3, 0.4) is 0 Å². The van der Waals surface area contributed by atoms with Gasteiger partial charge in [0.05, 0.1) is 0 Å². The molecule has 2 aromatic heterocycles. The number of nitrogens with zero attached hydrogens (tertiary/aromatic N) is 3. The monoisotopic (exact) mass is 766 g/mol. The average Bonchev–Trinajstić information content (AvgIpc) is 3.38. The maximum Gasteiger partial charge on any atom is 0.135 e. The number of anilines is 2. The molecular formula is C40H33N3OPt-2. The number of hydrogen-bond acceptors (Lipinski definition) is 3. The van der Waals surface area contributed by atoms with Crippen LogP contribution in [0.25, 0.3) is 38.8 Å². The third-order valence-electron chi connectivity index (χ3n) is 8.08. The topological polar surface area (TPSA) is 30.3 Å². The summed E-state index contributed by atoms with van der Waals surface area (Å²) in [4.78, 5) is 6.99. The number of para-hydroxylation sites is 3. The molecule has 45 heavy (non-hydrogen) atoms. The number of fused-ring (bicyclic) bond motifs is 3. The van der Waals surface area contributed by atoms with Crippen LogP contribution in [-0.4, -0.2) is 16.6 Å². The summed E-state index contributed by atoms with van der Waals surface area (Å²) >= 11 is 0. The van der Waals surface area contributed by atoms with Crippen molar-refractivity contribution in [1.82, 2.24) is 9.55 Å². The molecule has 7 aromatic rings. The van der Waals surface area contributed by atoms with Gasteiger partial charge in [-0.05, 0) is 52.8 Å². The summed E-state index contributed by atoms with van der Waals surface area (Å²) < 4.78 is 8.62. The first-order valence-corrected chi connectivity index (χ1v) is 14.9. The smallest absolute Gasteiger partial charge is 0.135 e. The molecule has 7 rings (SSSR count). The van der Waals surface area contributed by atoms with Crippen LogP contribution >= 0.6 is 0 Å². The summed E-state index contributed by atoms with van der Waals surface area (Å²) in [6, 6.07) is 48.6. The maximum atomic E-state index is 6.44. The van der Waals surface area contributed by atoms with Gasteiger partial charge < -0.3 is 14.2 Å². The van der Waals surface area contributed by atoms with Crippen molar-refractivity contribution < 1.29 is 25.8 Å². The minimum atomic E-state index is 0. The van der Waals surface area contributed by atoms with Crippen molar-refractivity contribution in [3.8, 4) is 28.4 Å². The van der Waals surface area contributed by atoms with Gasteiger partial charge in [0.2, 0.25) is 0 Å². The Balaban J connectivity index is 0.00000357. The fraction of sp³-hybridized carbons (Fsp3) is 0.125. The van der Waals surface area contributed by atoms with Crippen LogP contribution in [0.4, 0.5) is 11.4 Å². The number of benzene rings is 5. The standard InChI is InChI=1S/C40H33N3O.Pt/c1-40(2,3)29-23-24-41-39(26-29)43-37-20-11-9-18-34(37)35-22-21-32(27-38(35)43)44-31-16-12-13-28(25-31)33-17-8-10-19-36(33)42(4)30-14-6-5-7-15-30;/h5-24,26H,1-4H3;/q-2;. The Morgan fingerprint density at radius 1 is 0.711 bits per heavy atom. The molecule has 0 radical (unpaired) electrons. The van der Waals surface area contributed by atoms with Crippen molar-refractivity contribution in [2.75, 3.05) is 11.9 Å². The number of ether oxygens (including phenoxy) is 1. The van der Waals surface area contributed by atoms with Crippen molar-refractivity contribution >= 4 is 33.2 Å². The molecule has 0 spiro atoms. The summed E-state index contributed by atoms with van der Waals surface area (Å²) in [6.45, 7) is 6.66. The molecule has 0 aliphatic rings. The molecule has 0 bridgehead atoms. The molecule has 0 saturated heterocycles. The van der Waals surface area contributed by atoms with Gasteiger partial charge in [0.25, 0.3) is 0 Å². The zero-order chi connectivity index (χ0) is 30.3. The molecule has 0 aliphatic carbocycles. The van der Waals surface area contributed by atoms with Crippen LogP contribution in [0.1, 0.15) is 26.3 Å². The second-order valence-corrected chi connectivity index (χ2v) is 12.0. The molecule has 0 unspecified atom stereocenters. The zero-order valence-electron chi connectivity index (χ0n) is 25.7. The van der Waals surface area contributed by atoms with E-state index in [4.69, 9.17) is 9.72 Å². The number of hydrogen-bond donors (Lipinski definition) is 0. The summed E-state index contributed by atoms with van der Waals surface area (Å²) in [7, 11) is 2.09. The van der Waals surface area contributed by atoms with Gasteiger partial charge in [-0.1, -0.05) is 92.5 Å². The molecule has 4 nitrogen and oxygen atoms in total. The van der Waals surface area contributed by atoms with E-state index >= 15 is 0 Å². The van der Waals surface area contributed by atoms with Crippen molar-refractivity contribution in [3.05, 3.63) is 145 Å². The van der Waals surface area contributed by atoms with Crippen molar-refractivity contribution in [3.63, 3.8) is 0 Å². The van der Waals surface area contributed by atoms with Crippen LogP contribution in [0.15, 0.2) is 128 Å². The number of rotatable bonds is 6. The van der Waals surface area contributed by atoms with Crippen molar-refractivity contribution in [1.29, 1.82) is 0 Å². The van der Waals surface area contributed by atoms with Gasteiger partial charge >= 0.3 is 0 Å². The molecular weight excluding hydrogens is 734 g/mol. The Labute approximate surface area is 279 Å². The van der Waals surface area contributed by atoms with Crippen LogP contribution in [-0.2, 0) is 26.5 Å². The summed E-state index contributed by atoms with van der Waals surface area (Å²) in [5, 5.41) is 2.26. The predicted molar refractivity (Wildman–Crippen MR) is 181 cm³/mol. The van der Waals surface area contributed by atoms with E-state index in [9.17, 15) is 0 Å². The zero-order valence-corrected chi connectivity index (χ0v) is 28.0. The fourth-order valence-corrected chi connectivity index (χ4v) is 5.75. The largest absolute Gasteiger partial charge is 0.503 e. The Morgan fingerprint density at radius 3 is 2.27 bits per heavy atom. The Hall–Kier alpha value is -4.66. The van der Waals surface area contributed by atoms with Crippen molar-refractivity contribution in [2.45, 2.75) is 26.2 Å². The average molecular weight is 767 g/mol. The van der Waals surface area contributed by atoms with E-state index in [0.29, 0.717) is 11.5 Å². The fourth-order valence-electron chi connectivity index (χ4n) is 5.75. The van der Waals surface area contributed by atoms with E-state index in [0.717, 1.165) is 50.1 Å². The molecule has 0 amide bonds. The number of aromatic nitrogens is 2. The van der Waals surface area contributed by atoms with Crippen molar-refractivity contribution in [2.24, 2.45) is 0 Å². The van der Waals surface area contributed by atoms with Gasteiger partial charge in [0.15, 0.2) is 0 Å². The van der Waals surface area contributed by atoms with Gasteiger partial charge in [-0.15, -0.1) is 41.3 Å². The Morgan fingerprint density at radius 2 is 1.44 bits per heavy atom. The van der Waals surface area contributed by atoms with Gasteiger partial charge in [-0.2, -0.15) is 6.07 Å². The first kappa shape index (κ1) is 30.4. The third-order valence-corrected chi connectivity index (χ3v) is 8.08. The molecule has 0 aliphatic heterocycles. The Bertz CT molecular complexity index is 2110. The van der Waals surface area contributed by atoms with Gasteiger partial charge in [0, 0.05) is 62.7 Å². The van der Waals surface area contributed by atoms with E-state index in [1.807, 2.05) is 30.5 Å². The molecule has 226 valence electrons.